The van der Waals surface area contributed by atoms with Gasteiger partial charge < -0.3 is 15.4 Å². The molecular weight excluding hydrogens is 204 g/mol. The van der Waals surface area contributed by atoms with Crippen molar-refractivity contribution in [3.05, 3.63) is 29.8 Å². The predicted molar refractivity (Wildman–Crippen MR) is 61.4 cm³/mol. The van der Waals surface area contributed by atoms with Crippen molar-refractivity contribution in [2.24, 2.45) is 0 Å². The number of carbonyl (C=O) groups is 1. The summed E-state index contributed by atoms with van der Waals surface area (Å²) in [5.74, 6) is 0.962. The number of rotatable bonds is 4. The van der Waals surface area contributed by atoms with Crippen molar-refractivity contribution in [3.8, 4) is 5.75 Å². The van der Waals surface area contributed by atoms with Gasteiger partial charge in [0.25, 0.3) is 0 Å². The molecule has 1 unspecified atom stereocenters. The van der Waals surface area contributed by atoms with Crippen LogP contribution in [0.2, 0.25) is 0 Å². The molecule has 1 atom stereocenters. The molecule has 0 spiro atoms. The van der Waals surface area contributed by atoms with Gasteiger partial charge in [-0.05, 0) is 6.07 Å². The summed E-state index contributed by atoms with van der Waals surface area (Å²) in [4.78, 5) is 10.7. The molecule has 1 aromatic carbocycles. The van der Waals surface area contributed by atoms with E-state index in [1.54, 1.807) is 0 Å². The Labute approximate surface area is 95.0 Å². The summed E-state index contributed by atoms with van der Waals surface area (Å²) in [5.41, 5.74) is 1.20. The third kappa shape index (κ3) is 2.52. The molecule has 2 rings (SSSR count). The van der Waals surface area contributed by atoms with E-state index in [9.17, 15) is 4.79 Å². The number of fused-ring (bicyclic) bond motifs is 1. The molecule has 2 N–H and O–H groups in total. The average molecular weight is 220 g/mol. The fourth-order valence-corrected chi connectivity index (χ4v) is 1.82. The van der Waals surface area contributed by atoms with Crippen molar-refractivity contribution < 1.29 is 9.53 Å². The van der Waals surface area contributed by atoms with Crippen LogP contribution in [0, 0.1) is 0 Å². The van der Waals surface area contributed by atoms with Gasteiger partial charge in [-0.1, -0.05) is 18.2 Å². The second-order valence-corrected chi connectivity index (χ2v) is 3.84. The number of ether oxygens (including phenoxy) is 1. The number of benzene rings is 1. The zero-order chi connectivity index (χ0) is 11.4. The molecule has 16 heavy (non-hydrogen) atoms. The summed E-state index contributed by atoms with van der Waals surface area (Å²) in [6.07, 6.45) is 0. The molecule has 86 valence electrons. The largest absolute Gasteiger partial charge is 0.491 e. The number of carbonyl (C=O) groups excluding carboxylic acids is 1. The normalized spacial score (nSPS) is 17.7. The van der Waals surface area contributed by atoms with E-state index in [4.69, 9.17) is 4.74 Å². The Hall–Kier alpha value is -1.55. The molecule has 1 aliphatic heterocycles. The molecule has 1 aromatic rings. The van der Waals surface area contributed by atoms with E-state index >= 15 is 0 Å². The van der Waals surface area contributed by atoms with E-state index in [0.29, 0.717) is 13.2 Å². The van der Waals surface area contributed by atoms with E-state index in [2.05, 4.69) is 16.7 Å². The predicted octanol–water partition coefficient (Wildman–Crippen LogP) is 0.846. The summed E-state index contributed by atoms with van der Waals surface area (Å²) < 4.78 is 5.54. The molecule has 0 aliphatic carbocycles. The SMILES string of the molecule is CC(=O)NCCNC1COc2ccccc21. The van der Waals surface area contributed by atoms with Crippen molar-refractivity contribution in [2.45, 2.75) is 13.0 Å². The van der Waals surface area contributed by atoms with Gasteiger partial charge in [-0.2, -0.15) is 0 Å². The molecule has 0 radical (unpaired) electrons. The van der Waals surface area contributed by atoms with Crippen molar-refractivity contribution in [1.29, 1.82) is 0 Å². The van der Waals surface area contributed by atoms with Crippen molar-refractivity contribution in [3.63, 3.8) is 0 Å². The number of hydrogen-bond donors (Lipinski definition) is 2. The van der Waals surface area contributed by atoms with Crippen molar-refractivity contribution in [2.75, 3.05) is 19.7 Å². The Morgan fingerprint density at radius 1 is 1.44 bits per heavy atom. The van der Waals surface area contributed by atoms with E-state index in [1.807, 2.05) is 18.2 Å². The first-order valence-electron chi connectivity index (χ1n) is 5.47. The Balaban J connectivity index is 1.82. The fraction of sp³-hybridized carbons (Fsp3) is 0.417. The minimum atomic E-state index is 0.00451. The van der Waals surface area contributed by atoms with Gasteiger partial charge in [0.2, 0.25) is 5.91 Å². The molecule has 0 fully saturated rings. The highest BCUT2D eigenvalue weighted by molar-refractivity contribution is 5.72. The minimum Gasteiger partial charge on any atom is -0.491 e. The fourth-order valence-electron chi connectivity index (χ4n) is 1.82. The van der Waals surface area contributed by atoms with Crippen LogP contribution in [-0.4, -0.2) is 25.6 Å². The zero-order valence-corrected chi connectivity index (χ0v) is 9.32. The second kappa shape index (κ2) is 4.99. The zero-order valence-electron chi connectivity index (χ0n) is 9.32. The molecule has 4 heteroatoms. The van der Waals surface area contributed by atoms with Crippen molar-refractivity contribution in [1.82, 2.24) is 10.6 Å². The first kappa shape index (κ1) is 11.0. The first-order valence-corrected chi connectivity index (χ1v) is 5.47. The van der Waals surface area contributed by atoms with Crippen LogP contribution in [0.4, 0.5) is 0 Å². The Morgan fingerprint density at radius 3 is 3.06 bits per heavy atom. The molecule has 0 bridgehead atoms. The molecule has 1 aliphatic rings. The van der Waals surface area contributed by atoms with Gasteiger partial charge in [0.15, 0.2) is 0 Å². The van der Waals surface area contributed by atoms with Gasteiger partial charge in [0.05, 0.1) is 6.04 Å². The summed E-state index contributed by atoms with van der Waals surface area (Å²) in [6, 6.07) is 8.27. The number of nitrogens with one attached hydrogen (secondary N) is 2. The third-order valence-corrected chi connectivity index (χ3v) is 2.59. The Kier molecular flexibility index (Phi) is 3.41. The van der Waals surface area contributed by atoms with Crippen LogP contribution in [0.1, 0.15) is 18.5 Å². The van der Waals surface area contributed by atoms with E-state index in [-0.39, 0.29) is 11.9 Å². The van der Waals surface area contributed by atoms with Crippen LogP contribution in [0.25, 0.3) is 0 Å². The van der Waals surface area contributed by atoms with E-state index in [1.165, 1.54) is 12.5 Å². The molecule has 1 heterocycles. The van der Waals surface area contributed by atoms with Crippen LogP contribution in [0.15, 0.2) is 24.3 Å². The maximum absolute atomic E-state index is 10.7. The highest BCUT2D eigenvalue weighted by Crippen LogP contribution is 2.31. The number of para-hydroxylation sites is 1. The topological polar surface area (TPSA) is 50.4 Å². The lowest BCUT2D eigenvalue weighted by Crippen LogP contribution is -2.32. The lowest BCUT2D eigenvalue weighted by Gasteiger charge is -2.11. The number of hydrogen-bond acceptors (Lipinski definition) is 3. The second-order valence-electron chi connectivity index (χ2n) is 3.84. The lowest BCUT2D eigenvalue weighted by atomic mass is 10.1. The summed E-state index contributed by atoms with van der Waals surface area (Å²) >= 11 is 0. The van der Waals surface area contributed by atoms with Crippen molar-refractivity contribution >= 4 is 5.91 Å². The van der Waals surface area contributed by atoms with Gasteiger partial charge in [-0.3, -0.25) is 4.79 Å². The van der Waals surface area contributed by atoms with Crippen LogP contribution < -0.4 is 15.4 Å². The maximum Gasteiger partial charge on any atom is 0.216 e. The van der Waals surface area contributed by atoms with Gasteiger partial charge in [0.1, 0.15) is 12.4 Å². The molecular formula is C12H16N2O2. The number of amides is 1. The third-order valence-electron chi connectivity index (χ3n) is 2.59. The van der Waals surface area contributed by atoms with Gasteiger partial charge in [-0.25, -0.2) is 0 Å². The smallest absolute Gasteiger partial charge is 0.216 e. The Morgan fingerprint density at radius 2 is 2.25 bits per heavy atom. The minimum absolute atomic E-state index is 0.00451. The van der Waals surface area contributed by atoms with E-state index < -0.39 is 0 Å². The van der Waals surface area contributed by atoms with Gasteiger partial charge in [0, 0.05) is 25.6 Å². The van der Waals surface area contributed by atoms with Crippen LogP contribution >= 0.6 is 0 Å². The van der Waals surface area contributed by atoms with Crippen LogP contribution in [0.3, 0.4) is 0 Å². The highest BCUT2D eigenvalue weighted by atomic mass is 16.5. The van der Waals surface area contributed by atoms with Gasteiger partial charge >= 0.3 is 0 Å². The average Bonchev–Trinajstić information content (AvgIpc) is 2.68. The molecule has 0 saturated carbocycles. The van der Waals surface area contributed by atoms with Crippen LogP contribution in [-0.2, 0) is 4.79 Å². The van der Waals surface area contributed by atoms with Gasteiger partial charge in [-0.15, -0.1) is 0 Å². The molecule has 1 amide bonds. The Bertz CT molecular complexity index is 379. The molecule has 0 saturated heterocycles. The van der Waals surface area contributed by atoms with Crippen LogP contribution in [0.5, 0.6) is 5.75 Å². The molecule has 4 nitrogen and oxygen atoms in total. The molecule has 0 aromatic heterocycles. The highest BCUT2D eigenvalue weighted by Gasteiger charge is 2.22. The summed E-state index contributed by atoms with van der Waals surface area (Å²) in [7, 11) is 0. The first-order chi connectivity index (χ1) is 7.77. The standard InChI is InChI=1S/C12H16N2O2/c1-9(15)13-6-7-14-11-8-16-12-5-3-2-4-10(11)12/h2-5,11,14H,6-8H2,1H3,(H,13,15). The summed E-state index contributed by atoms with van der Waals surface area (Å²) in [6.45, 7) is 3.59. The monoisotopic (exact) mass is 220 g/mol. The van der Waals surface area contributed by atoms with E-state index in [0.717, 1.165) is 12.3 Å². The lowest BCUT2D eigenvalue weighted by molar-refractivity contribution is -0.118. The quantitative estimate of drug-likeness (QED) is 0.739. The summed E-state index contributed by atoms with van der Waals surface area (Å²) in [5, 5.41) is 6.10. The maximum atomic E-state index is 10.7.